The van der Waals surface area contributed by atoms with E-state index in [0.29, 0.717) is 0 Å². The lowest BCUT2D eigenvalue weighted by molar-refractivity contribution is 1.01. The van der Waals surface area contributed by atoms with Gasteiger partial charge in [0, 0.05) is 12.1 Å². The van der Waals surface area contributed by atoms with Crippen molar-refractivity contribution in [2.45, 2.75) is 6.92 Å². The monoisotopic (exact) mass is 170 g/mol. The predicted molar refractivity (Wildman–Crippen MR) is 48.8 cm³/mol. The maximum atomic E-state index is 5.88. The van der Waals surface area contributed by atoms with E-state index in [1.807, 2.05) is 25.1 Å². The number of anilines is 1. The van der Waals surface area contributed by atoms with Crippen LogP contribution >= 0.6 is 11.6 Å². The Balaban J connectivity index is 3.17. The Bertz CT molecular complexity index is 258. The highest BCUT2D eigenvalue weighted by Crippen LogP contribution is 2.23. The molecule has 3 heteroatoms. The first kappa shape index (κ1) is 8.37. The smallest absolute Gasteiger partial charge is 0.0557 e. The van der Waals surface area contributed by atoms with Crippen LogP contribution < -0.4 is 10.9 Å². The third kappa shape index (κ3) is 1.64. The molecule has 0 amide bonds. The molecule has 1 rings (SSSR count). The van der Waals surface area contributed by atoms with E-state index in [1.165, 1.54) is 0 Å². The van der Waals surface area contributed by atoms with Crippen LogP contribution in [0.15, 0.2) is 18.2 Å². The molecule has 0 bridgehead atoms. The Morgan fingerprint density at radius 3 is 2.55 bits per heavy atom. The molecule has 0 aliphatic carbocycles. The molecule has 0 saturated heterocycles. The zero-order chi connectivity index (χ0) is 8.43. The summed E-state index contributed by atoms with van der Waals surface area (Å²) in [5.41, 5.74) is 1.97. The largest absolute Gasteiger partial charge is 0.314 e. The number of benzene rings is 1. The molecule has 0 aliphatic rings. The third-order valence-corrected chi connectivity index (χ3v) is 2.03. The maximum absolute atomic E-state index is 5.88. The topological polar surface area (TPSA) is 29.3 Å². The van der Waals surface area contributed by atoms with Gasteiger partial charge in [-0.2, -0.15) is 0 Å². The van der Waals surface area contributed by atoms with Gasteiger partial charge in [-0.25, -0.2) is 5.84 Å². The number of nitrogens with zero attached hydrogens (tertiary/aromatic N) is 1. The van der Waals surface area contributed by atoms with Crippen molar-refractivity contribution in [1.82, 2.24) is 0 Å². The van der Waals surface area contributed by atoms with Gasteiger partial charge in [0.05, 0.1) is 5.69 Å². The molecule has 2 N–H and O–H groups in total. The number of hydrogen-bond donors (Lipinski definition) is 1. The molecule has 0 heterocycles. The minimum absolute atomic E-state index is 0.750. The van der Waals surface area contributed by atoms with Crippen LogP contribution in [0.4, 0.5) is 5.69 Å². The van der Waals surface area contributed by atoms with Crippen molar-refractivity contribution in [1.29, 1.82) is 0 Å². The van der Waals surface area contributed by atoms with Gasteiger partial charge in [0.15, 0.2) is 0 Å². The second-order valence-corrected chi connectivity index (χ2v) is 2.90. The van der Waals surface area contributed by atoms with Gasteiger partial charge >= 0.3 is 0 Å². The number of hydrogen-bond acceptors (Lipinski definition) is 2. The molecular weight excluding hydrogens is 160 g/mol. The van der Waals surface area contributed by atoms with Crippen LogP contribution in [-0.2, 0) is 0 Å². The van der Waals surface area contributed by atoms with E-state index in [9.17, 15) is 0 Å². The first-order chi connectivity index (χ1) is 5.13. The Labute approximate surface area is 71.5 Å². The highest BCUT2D eigenvalue weighted by molar-refractivity contribution is 6.31. The van der Waals surface area contributed by atoms with Crippen molar-refractivity contribution < 1.29 is 0 Å². The lowest BCUT2D eigenvalue weighted by Crippen LogP contribution is -2.25. The van der Waals surface area contributed by atoms with Crippen LogP contribution in [0.2, 0.25) is 5.02 Å². The number of hydrazine groups is 1. The molecule has 0 spiro atoms. The molecule has 2 nitrogen and oxygen atoms in total. The Hall–Kier alpha value is -0.730. The summed E-state index contributed by atoms with van der Waals surface area (Å²) in [6, 6.07) is 5.67. The van der Waals surface area contributed by atoms with Gasteiger partial charge in [0.1, 0.15) is 0 Å². The molecule has 1 aromatic rings. The van der Waals surface area contributed by atoms with Crippen molar-refractivity contribution in [3.63, 3.8) is 0 Å². The fourth-order valence-electron chi connectivity index (χ4n) is 0.978. The lowest BCUT2D eigenvalue weighted by Gasteiger charge is -2.15. The highest BCUT2D eigenvalue weighted by Gasteiger charge is 2.02. The van der Waals surface area contributed by atoms with Gasteiger partial charge < -0.3 is 5.01 Å². The van der Waals surface area contributed by atoms with Gasteiger partial charge in [0.2, 0.25) is 0 Å². The molecular formula is C8H11ClN2. The van der Waals surface area contributed by atoms with E-state index in [4.69, 9.17) is 17.4 Å². The van der Waals surface area contributed by atoms with Crippen LogP contribution in [0, 0.1) is 6.92 Å². The lowest BCUT2D eigenvalue weighted by atomic mass is 10.2. The van der Waals surface area contributed by atoms with Crippen molar-refractivity contribution in [2.24, 2.45) is 5.84 Å². The van der Waals surface area contributed by atoms with E-state index in [2.05, 4.69) is 0 Å². The van der Waals surface area contributed by atoms with Gasteiger partial charge in [-0.15, -0.1) is 0 Å². The summed E-state index contributed by atoms with van der Waals surface area (Å²) in [4.78, 5) is 0. The Kier molecular flexibility index (Phi) is 2.37. The summed E-state index contributed by atoms with van der Waals surface area (Å²) < 4.78 is 0. The molecule has 0 radical (unpaired) electrons. The molecule has 0 aliphatic heterocycles. The van der Waals surface area contributed by atoms with E-state index in [1.54, 1.807) is 12.1 Å². The van der Waals surface area contributed by atoms with Crippen molar-refractivity contribution in [3.05, 3.63) is 28.8 Å². The quantitative estimate of drug-likeness (QED) is 0.516. The molecule has 0 aromatic heterocycles. The summed E-state index contributed by atoms with van der Waals surface area (Å²) in [5, 5.41) is 2.31. The van der Waals surface area contributed by atoms with Gasteiger partial charge in [-0.05, 0) is 24.6 Å². The zero-order valence-electron chi connectivity index (χ0n) is 6.63. The first-order valence-corrected chi connectivity index (χ1v) is 3.74. The average Bonchev–Trinajstić information content (AvgIpc) is 1.94. The first-order valence-electron chi connectivity index (χ1n) is 3.36. The summed E-state index contributed by atoms with van der Waals surface area (Å²) in [6.07, 6.45) is 0. The minimum atomic E-state index is 0.750. The fourth-order valence-corrected chi connectivity index (χ4v) is 1.15. The van der Waals surface area contributed by atoms with Crippen LogP contribution in [0.25, 0.3) is 0 Å². The number of rotatable bonds is 1. The Morgan fingerprint density at radius 2 is 2.09 bits per heavy atom. The van der Waals surface area contributed by atoms with Gasteiger partial charge in [0.25, 0.3) is 0 Å². The van der Waals surface area contributed by atoms with E-state index < -0.39 is 0 Å². The van der Waals surface area contributed by atoms with Crippen LogP contribution in [0.1, 0.15) is 5.56 Å². The second-order valence-electron chi connectivity index (χ2n) is 2.49. The third-order valence-electron chi connectivity index (χ3n) is 1.62. The zero-order valence-corrected chi connectivity index (χ0v) is 7.39. The van der Waals surface area contributed by atoms with Gasteiger partial charge in [-0.3, -0.25) is 0 Å². The molecule has 0 fully saturated rings. The Morgan fingerprint density at radius 1 is 1.45 bits per heavy atom. The van der Waals surface area contributed by atoms with E-state index in [-0.39, 0.29) is 0 Å². The second kappa shape index (κ2) is 3.11. The standard InChI is InChI=1S/C8H11ClN2/c1-6-7(9)4-3-5-8(6)11(2)10/h3-5H,10H2,1-2H3. The van der Waals surface area contributed by atoms with Crippen molar-refractivity contribution >= 4 is 17.3 Å². The number of nitrogens with two attached hydrogens (primary N) is 1. The van der Waals surface area contributed by atoms with Crippen molar-refractivity contribution in [3.8, 4) is 0 Å². The number of halogens is 1. The minimum Gasteiger partial charge on any atom is -0.314 e. The fraction of sp³-hybridized carbons (Fsp3) is 0.250. The summed E-state index contributed by atoms with van der Waals surface area (Å²) >= 11 is 5.88. The average molecular weight is 171 g/mol. The van der Waals surface area contributed by atoms with E-state index in [0.717, 1.165) is 16.3 Å². The van der Waals surface area contributed by atoms with Gasteiger partial charge in [-0.1, -0.05) is 17.7 Å². The molecule has 1 aromatic carbocycles. The normalized spacial score (nSPS) is 9.82. The molecule has 11 heavy (non-hydrogen) atoms. The summed E-state index contributed by atoms with van der Waals surface area (Å²) in [5.74, 6) is 5.56. The highest BCUT2D eigenvalue weighted by atomic mass is 35.5. The maximum Gasteiger partial charge on any atom is 0.0557 e. The summed E-state index contributed by atoms with van der Waals surface area (Å²) in [6.45, 7) is 1.95. The SMILES string of the molecule is Cc1c(Cl)cccc1N(C)N. The van der Waals surface area contributed by atoms with Crippen LogP contribution in [0.3, 0.4) is 0 Å². The molecule has 60 valence electrons. The molecule has 0 unspecified atom stereocenters. The van der Waals surface area contributed by atoms with Crippen LogP contribution in [-0.4, -0.2) is 7.05 Å². The predicted octanol–water partition coefficient (Wildman–Crippen LogP) is 1.96. The summed E-state index contributed by atoms with van der Waals surface area (Å²) in [7, 11) is 1.79. The molecule has 0 saturated carbocycles. The molecule has 0 atom stereocenters. The van der Waals surface area contributed by atoms with Crippen molar-refractivity contribution in [2.75, 3.05) is 12.1 Å². The van der Waals surface area contributed by atoms with E-state index >= 15 is 0 Å². The van der Waals surface area contributed by atoms with Crippen LogP contribution in [0.5, 0.6) is 0 Å².